The predicted octanol–water partition coefficient (Wildman–Crippen LogP) is 3.41. The number of anilines is 1. The molecule has 0 saturated carbocycles. The molecule has 140 valence electrons. The zero-order valence-corrected chi connectivity index (χ0v) is 16.3. The summed E-state index contributed by atoms with van der Waals surface area (Å²) in [5.41, 5.74) is 0.961. The monoisotopic (exact) mass is 403 g/mol. The van der Waals surface area contributed by atoms with E-state index >= 15 is 0 Å². The lowest BCUT2D eigenvalue weighted by atomic mass is 10.1. The van der Waals surface area contributed by atoms with E-state index in [9.17, 15) is 18.0 Å². The van der Waals surface area contributed by atoms with E-state index in [-0.39, 0.29) is 10.6 Å². The molecule has 0 radical (unpaired) electrons. The summed E-state index contributed by atoms with van der Waals surface area (Å²) in [6, 6.07) is 13.7. The Hall–Kier alpha value is -2.71. The first-order valence-corrected chi connectivity index (χ1v) is 10.7. The minimum Gasteiger partial charge on any atom is -0.451 e. The highest BCUT2D eigenvalue weighted by Crippen LogP contribution is 2.31. The first-order valence-electron chi connectivity index (χ1n) is 8.01. The third kappa shape index (κ3) is 4.17. The molecule has 6 nitrogen and oxygen atoms in total. The van der Waals surface area contributed by atoms with Crippen LogP contribution in [0.2, 0.25) is 0 Å². The van der Waals surface area contributed by atoms with E-state index in [4.69, 9.17) is 4.74 Å². The van der Waals surface area contributed by atoms with Crippen LogP contribution in [0.15, 0.2) is 53.4 Å². The van der Waals surface area contributed by atoms with Crippen LogP contribution in [0.5, 0.6) is 0 Å². The number of sulfone groups is 1. The quantitative estimate of drug-likeness (QED) is 0.660. The Labute approximate surface area is 160 Å². The molecule has 0 aliphatic heterocycles. The van der Waals surface area contributed by atoms with Crippen LogP contribution in [0.3, 0.4) is 0 Å². The number of hydrogen-bond acceptors (Lipinski definition) is 6. The number of hydrogen-bond donors (Lipinski definition) is 1. The van der Waals surface area contributed by atoms with Gasteiger partial charge < -0.3 is 10.1 Å². The topological polar surface area (TPSA) is 89.5 Å². The van der Waals surface area contributed by atoms with Crippen LogP contribution in [-0.4, -0.2) is 33.2 Å². The average molecular weight is 403 g/mol. The summed E-state index contributed by atoms with van der Waals surface area (Å²) in [5.74, 6) is -1.20. The van der Waals surface area contributed by atoms with Gasteiger partial charge in [-0.25, -0.2) is 13.2 Å². The predicted molar refractivity (Wildman–Crippen MR) is 105 cm³/mol. The number of nitrogens with one attached hydrogen (secondary N) is 1. The highest BCUT2D eigenvalue weighted by Gasteiger charge is 2.19. The number of carbonyl (C=O) groups is 2. The largest absolute Gasteiger partial charge is 0.451 e. The van der Waals surface area contributed by atoms with E-state index in [1.807, 2.05) is 31.2 Å². The van der Waals surface area contributed by atoms with Gasteiger partial charge in [-0.1, -0.05) is 30.3 Å². The molecule has 2 aromatic carbocycles. The summed E-state index contributed by atoms with van der Waals surface area (Å²) < 4.78 is 29.6. The number of aryl methyl sites for hydroxylation is 1. The Kier molecular flexibility index (Phi) is 5.29. The summed E-state index contributed by atoms with van der Waals surface area (Å²) in [6.07, 6.45) is 1.06. The fourth-order valence-electron chi connectivity index (χ4n) is 2.65. The normalized spacial score (nSPS) is 11.3. The number of thiophene rings is 1. The second-order valence-corrected chi connectivity index (χ2v) is 8.98. The number of para-hydroxylation sites is 1. The number of amides is 1. The second kappa shape index (κ2) is 7.50. The van der Waals surface area contributed by atoms with Crippen LogP contribution in [-0.2, 0) is 19.4 Å². The highest BCUT2D eigenvalue weighted by atomic mass is 32.2. The molecule has 8 heteroatoms. The maximum atomic E-state index is 12.3. The highest BCUT2D eigenvalue weighted by molar-refractivity contribution is 7.90. The first kappa shape index (κ1) is 19.1. The van der Waals surface area contributed by atoms with Gasteiger partial charge in [0.15, 0.2) is 16.4 Å². The lowest BCUT2D eigenvalue weighted by molar-refractivity contribution is -0.119. The van der Waals surface area contributed by atoms with Crippen molar-refractivity contribution in [1.29, 1.82) is 0 Å². The maximum Gasteiger partial charge on any atom is 0.349 e. The van der Waals surface area contributed by atoms with E-state index in [1.165, 1.54) is 23.5 Å². The molecule has 3 rings (SSSR count). The Morgan fingerprint density at radius 3 is 2.44 bits per heavy atom. The van der Waals surface area contributed by atoms with Gasteiger partial charge >= 0.3 is 5.97 Å². The first-order chi connectivity index (χ1) is 12.8. The molecule has 0 saturated heterocycles. The fourth-order valence-corrected chi connectivity index (χ4v) is 4.59. The van der Waals surface area contributed by atoms with Crippen molar-refractivity contribution in [3.8, 4) is 0 Å². The van der Waals surface area contributed by atoms with E-state index in [0.29, 0.717) is 4.88 Å². The summed E-state index contributed by atoms with van der Waals surface area (Å²) >= 11 is 1.31. The van der Waals surface area contributed by atoms with Gasteiger partial charge in [0.05, 0.1) is 10.6 Å². The minimum absolute atomic E-state index is 0.00465. The van der Waals surface area contributed by atoms with Crippen LogP contribution in [0.1, 0.15) is 15.2 Å². The number of carbonyl (C=O) groups excluding carboxylic acids is 2. The van der Waals surface area contributed by atoms with Crippen molar-refractivity contribution < 1.29 is 22.7 Å². The van der Waals surface area contributed by atoms with Gasteiger partial charge in [-0.15, -0.1) is 11.3 Å². The van der Waals surface area contributed by atoms with E-state index in [0.717, 1.165) is 21.9 Å². The molecule has 27 heavy (non-hydrogen) atoms. The van der Waals surface area contributed by atoms with E-state index < -0.39 is 28.3 Å². The minimum atomic E-state index is -3.49. The van der Waals surface area contributed by atoms with Crippen molar-refractivity contribution in [2.24, 2.45) is 0 Å². The van der Waals surface area contributed by atoms with Crippen LogP contribution in [0, 0.1) is 6.92 Å². The molecule has 3 aromatic rings. The standard InChI is InChI=1S/C19H17NO5S2/c1-12-13-7-3-5-9-15(13)26-18(12)19(22)25-11-17(21)20-14-8-4-6-10-16(14)27(2,23)24/h3-10H,11H2,1-2H3,(H,20,21). The lowest BCUT2D eigenvalue weighted by Gasteiger charge is -2.10. The lowest BCUT2D eigenvalue weighted by Crippen LogP contribution is -2.21. The fraction of sp³-hybridized carbons (Fsp3) is 0.158. The van der Waals surface area contributed by atoms with Crippen molar-refractivity contribution >= 4 is 48.8 Å². The third-order valence-electron chi connectivity index (χ3n) is 3.92. The molecule has 1 amide bonds. The van der Waals surface area contributed by atoms with Crippen molar-refractivity contribution in [3.05, 3.63) is 59.0 Å². The molecule has 1 aromatic heterocycles. The van der Waals surface area contributed by atoms with Crippen molar-refractivity contribution in [2.45, 2.75) is 11.8 Å². The summed E-state index contributed by atoms with van der Waals surface area (Å²) in [5, 5.41) is 3.45. The van der Waals surface area contributed by atoms with Crippen LogP contribution < -0.4 is 5.32 Å². The van der Waals surface area contributed by atoms with Gasteiger partial charge in [-0.2, -0.15) is 0 Å². The van der Waals surface area contributed by atoms with Gasteiger partial charge in [0.25, 0.3) is 5.91 Å². The van der Waals surface area contributed by atoms with Crippen molar-refractivity contribution in [2.75, 3.05) is 18.2 Å². The molecule has 1 N–H and O–H groups in total. The second-order valence-electron chi connectivity index (χ2n) is 5.94. The molecule has 0 bridgehead atoms. The average Bonchev–Trinajstić information content (AvgIpc) is 2.96. The third-order valence-corrected chi connectivity index (χ3v) is 6.33. The smallest absolute Gasteiger partial charge is 0.349 e. The van der Waals surface area contributed by atoms with Crippen LogP contribution in [0.25, 0.3) is 10.1 Å². The number of benzene rings is 2. The summed E-state index contributed by atoms with van der Waals surface area (Å²) in [6.45, 7) is 1.32. The van der Waals surface area contributed by atoms with Gasteiger partial charge in [-0.05, 0) is 36.1 Å². The SMILES string of the molecule is Cc1c(C(=O)OCC(=O)Nc2ccccc2S(C)(=O)=O)sc2ccccc12. The number of ether oxygens (including phenoxy) is 1. The van der Waals surface area contributed by atoms with Crippen LogP contribution in [0.4, 0.5) is 5.69 Å². The number of esters is 1. The molecular formula is C19H17NO5S2. The number of rotatable bonds is 5. The summed E-state index contributed by atoms with van der Waals surface area (Å²) in [4.78, 5) is 24.9. The molecule has 0 aliphatic carbocycles. The summed E-state index contributed by atoms with van der Waals surface area (Å²) in [7, 11) is -3.49. The molecule has 0 spiro atoms. The molecule has 1 heterocycles. The van der Waals surface area contributed by atoms with Crippen molar-refractivity contribution in [3.63, 3.8) is 0 Å². The zero-order valence-electron chi connectivity index (χ0n) is 14.7. The Balaban J connectivity index is 1.69. The Morgan fingerprint density at radius 1 is 1.07 bits per heavy atom. The Morgan fingerprint density at radius 2 is 1.74 bits per heavy atom. The van der Waals surface area contributed by atoms with Gasteiger partial charge in [0, 0.05) is 11.0 Å². The Bertz CT molecular complexity index is 1130. The maximum absolute atomic E-state index is 12.3. The van der Waals surface area contributed by atoms with E-state index in [1.54, 1.807) is 12.1 Å². The van der Waals surface area contributed by atoms with Gasteiger partial charge in [0.2, 0.25) is 0 Å². The van der Waals surface area contributed by atoms with Crippen molar-refractivity contribution in [1.82, 2.24) is 0 Å². The molecule has 0 aliphatic rings. The van der Waals surface area contributed by atoms with Gasteiger partial charge in [0.1, 0.15) is 4.88 Å². The molecule has 0 fully saturated rings. The molecule has 0 atom stereocenters. The molecule has 0 unspecified atom stereocenters. The number of fused-ring (bicyclic) bond motifs is 1. The van der Waals surface area contributed by atoms with E-state index in [2.05, 4.69) is 5.32 Å². The molecular weight excluding hydrogens is 386 g/mol. The zero-order chi connectivity index (χ0) is 19.6. The van der Waals surface area contributed by atoms with Crippen LogP contribution >= 0.6 is 11.3 Å². The van der Waals surface area contributed by atoms with Gasteiger partial charge in [-0.3, -0.25) is 4.79 Å².